The van der Waals surface area contributed by atoms with E-state index in [4.69, 9.17) is 0 Å². The van der Waals surface area contributed by atoms with Gasteiger partial charge in [-0.3, -0.25) is 10.2 Å². The first-order valence-corrected chi connectivity index (χ1v) is 10.1. The van der Waals surface area contributed by atoms with Crippen molar-refractivity contribution in [2.75, 3.05) is 19.6 Å². The second kappa shape index (κ2) is 11.7. The molecule has 1 amide bonds. The lowest BCUT2D eigenvalue weighted by molar-refractivity contribution is 0.0592. The number of carbonyl (C=O) groups is 3. The Morgan fingerprint density at radius 3 is 1.56 bits per heavy atom. The number of carbonyl (C=O) groups excluding carboxylic acids is 3. The number of anilines is 1. The minimum atomic E-state index is -0.422. The molecule has 0 saturated heterocycles. The maximum atomic E-state index is 12.3. The molecule has 3 aromatic rings. The first-order chi connectivity index (χ1) is 16.5. The Kier molecular flexibility index (Phi) is 8.23. The third-order valence-corrected chi connectivity index (χ3v) is 4.60. The molecule has 3 rings (SSSR count). The summed E-state index contributed by atoms with van der Waals surface area (Å²) in [6.07, 6.45) is 3.08. The van der Waals surface area contributed by atoms with Gasteiger partial charge < -0.3 is 9.47 Å². The van der Waals surface area contributed by atoms with Gasteiger partial charge in [0.15, 0.2) is 0 Å². The highest BCUT2D eigenvalue weighted by Crippen LogP contribution is 2.10. The average Bonchev–Trinajstić information content (AvgIpc) is 2.89. The molecular formula is C25H22N4O5. The Bertz CT molecular complexity index is 1200. The molecule has 172 valence electrons. The number of benzene rings is 3. The Labute approximate surface area is 196 Å². The summed E-state index contributed by atoms with van der Waals surface area (Å²) in [7, 11) is 2.65. The third kappa shape index (κ3) is 6.60. The topological polar surface area (TPSA) is 118 Å². The van der Waals surface area contributed by atoms with E-state index in [1.54, 1.807) is 79.0 Å². The van der Waals surface area contributed by atoms with Gasteiger partial charge in [-0.25, -0.2) is 15.0 Å². The summed E-state index contributed by atoms with van der Waals surface area (Å²) in [6, 6.07) is 20.1. The maximum absolute atomic E-state index is 12.3. The highest BCUT2D eigenvalue weighted by atomic mass is 16.5. The molecule has 0 spiro atoms. The van der Waals surface area contributed by atoms with Crippen LogP contribution in [-0.4, -0.2) is 44.5 Å². The number of hydrazone groups is 2. The Hall–Kier alpha value is -4.79. The first kappa shape index (κ1) is 23.9. The van der Waals surface area contributed by atoms with Crippen LogP contribution in [0.15, 0.2) is 83.0 Å². The summed E-state index contributed by atoms with van der Waals surface area (Å²) in [4.78, 5) is 35.1. The smallest absolute Gasteiger partial charge is 0.337 e. The molecule has 0 unspecified atom stereocenters. The van der Waals surface area contributed by atoms with Crippen LogP contribution in [0.2, 0.25) is 0 Å². The Morgan fingerprint density at radius 1 is 0.647 bits per heavy atom. The molecule has 0 atom stereocenters. The fourth-order valence-electron chi connectivity index (χ4n) is 2.75. The molecule has 0 heterocycles. The quantitative estimate of drug-likeness (QED) is 0.303. The van der Waals surface area contributed by atoms with Crippen molar-refractivity contribution >= 4 is 36.0 Å². The van der Waals surface area contributed by atoms with E-state index >= 15 is 0 Å². The first-order valence-electron chi connectivity index (χ1n) is 10.1. The van der Waals surface area contributed by atoms with Crippen LogP contribution in [0, 0.1) is 0 Å². The van der Waals surface area contributed by atoms with E-state index in [1.807, 2.05) is 0 Å². The second-order valence-corrected chi connectivity index (χ2v) is 6.87. The van der Waals surface area contributed by atoms with Crippen LogP contribution in [-0.2, 0) is 9.47 Å². The van der Waals surface area contributed by atoms with Crippen molar-refractivity contribution in [1.82, 2.24) is 5.43 Å². The minimum absolute atomic E-state index is 0.372. The van der Waals surface area contributed by atoms with Crippen molar-refractivity contribution in [3.05, 3.63) is 101 Å². The van der Waals surface area contributed by atoms with E-state index in [9.17, 15) is 14.4 Å². The van der Waals surface area contributed by atoms with Crippen LogP contribution < -0.4 is 10.9 Å². The lowest BCUT2D eigenvalue weighted by atomic mass is 10.1. The van der Waals surface area contributed by atoms with Crippen molar-refractivity contribution in [1.29, 1.82) is 0 Å². The van der Waals surface area contributed by atoms with E-state index in [-0.39, 0.29) is 5.91 Å². The van der Waals surface area contributed by atoms with Crippen LogP contribution in [0.25, 0.3) is 0 Å². The molecule has 2 N–H and O–H groups in total. The fourth-order valence-corrected chi connectivity index (χ4v) is 2.75. The van der Waals surface area contributed by atoms with Crippen molar-refractivity contribution < 1.29 is 23.9 Å². The molecule has 0 aliphatic heterocycles. The van der Waals surface area contributed by atoms with E-state index in [1.165, 1.54) is 20.4 Å². The van der Waals surface area contributed by atoms with Crippen LogP contribution in [0.1, 0.15) is 42.2 Å². The SMILES string of the molecule is COC(=O)c1ccc(/C=N/NC(=O)c2ccc(N/N=C/c3ccc(C(=O)OC)cc3)cc2)cc1. The van der Waals surface area contributed by atoms with E-state index in [0.717, 1.165) is 5.56 Å². The number of amides is 1. The molecule has 0 aliphatic carbocycles. The van der Waals surface area contributed by atoms with Gasteiger partial charge in [0.05, 0.1) is 43.5 Å². The monoisotopic (exact) mass is 458 g/mol. The number of methoxy groups -OCH3 is 2. The zero-order chi connectivity index (χ0) is 24.3. The lowest BCUT2D eigenvalue weighted by Crippen LogP contribution is -2.17. The molecule has 0 saturated carbocycles. The maximum Gasteiger partial charge on any atom is 0.337 e. The highest BCUT2D eigenvalue weighted by Gasteiger charge is 2.06. The highest BCUT2D eigenvalue weighted by molar-refractivity contribution is 5.95. The van der Waals surface area contributed by atoms with Crippen molar-refractivity contribution in [3.63, 3.8) is 0 Å². The molecule has 0 fully saturated rings. The Morgan fingerprint density at radius 2 is 1.09 bits per heavy atom. The third-order valence-electron chi connectivity index (χ3n) is 4.60. The van der Waals surface area contributed by atoms with Crippen LogP contribution in [0.5, 0.6) is 0 Å². The largest absolute Gasteiger partial charge is 0.465 e. The zero-order valence-corrected chi connectivity index (χ0v) is 18.5. The van der Waals surface area contributed by atoms with Crippen molar-refractivity contribution in [3.8, 4) is 0 Å². The standard InChI is InChI=1S/C25H22N4O5/c1-33-24(31)20-7-3-17(4-8-20)15-26-28-22-13-11-19(12-14-22)23(30)29-27-16-18-5-9-21(10-6-18)25(32)34-2/h3-16,28H,1-2H3,(H,29,30)/b26-15+,27-16+. The van der Waals surface area contributed by atoms with Crippen molar-refractivity contribution in [2.45, 2.75) is 0 Å². The normalized spacial score (nSPS) is 10.8. The van der Waals surface area contributed by atoms with Gasteiger partial charge in [-0.05, 0) is 59.7 Å². The fraction of sp³-hybridized carbons (Fsp3) is 0.0800. The second-order valence-electron chi connectivity index (χ2n) is 6.87. The van der Waals surface area contributed by atoms with Gasteiger partial charge >= 0.3 is 11.9 Å². The summed E-state index contributed by atoms with van der Waals surface area (Å²) >= 11 is 0. The molecule has 3 aromatic carbocycles. The van der Waals surface area contributed by atoms with Crippen LogP contribution in [0.4, 0.5) is 5.69 Å². The predicted molar refractivity (Wildman–Crippen MR) is 128 cm³/mol. The van der Waals surface area contributed by atoms with E-state index in [0.29, 0.717) is 27.9 Å². The summed E-state index contributed by atoms with van der Waals surface area (Å²) in [5.41, 5.74) is 8.84. The number of hydrogen-bond donors (Lipinski definition) is 2. The number of rotatable bonds is 8. The zero-order valence-electron chi connectivity index (χ0n) is 18.5. The van der Waals surface area contributed by atoms with Gasteiger partial charge in [-0.1, -0.05) is 24.3 Å². The van der Waals surface area contributed by atoms with E-state index < -0.39 is 11.9 Å². The van der Waals surface area contributed by atoms with E-state index in [2.05, 4.69) is 30.5 Å². The molecule has 0 radical (unpaired) electrons. The van der Waals surface area contributed by atoms with Crippen molar-refractivity contribution in [2.24, 2.45) is 10.2 Å². The molecule has 9 nitrogen and oxygen atoms in total. The number of nitrogens with zero attached hydrogens (tertiary/aromatic N) is 2. The van der Waals surface area contributed by atoms with Gasteiger partial charge in [0.2, 0.25) is 0 Å². The molecule has 9 heteroatoms. The predicted octanol–water partition coefficient (Wildman–Crippen LogP) is 3.47. The van der Waals surface area contributed by atoms with Crippen LogP contribution >= 0.6 is 0 Å². The number of esters is 2. The summed E-state index contributed by atoms with van der Waals surface area (Å²) in [6.45, 7) is 0. The average molecular weight is 458 g/mol. The molecule has 0 aromatic heterocycles. The van der Waals surface area contributed by atoms with Gasteiger partial charge in [0, 0.05) is 5.56 Å². The molecular weight excluding hydrogens is 436 g/mol. The van der Waals surface area contributed by atoms with Crippen LogP contribution in [0.3, 0.4) is 0 Å². The number of nitrogens with one attached hydrogen (secondary N) is 2. The van der Waals surface area contributed by atoms with Gasteiger partial charge in [-0.2, -0.15) is 10.2 Å². The van der Waals surface area contributed by atoms with Gasteiger partial charge in [-0.15, -0.1) is 0 Å². The minimum Gasteiger partial charge on any atom is -0.465 e. The Balaban J connectivity index is 1.50. The molecule has 0 aliphatic rings. The summed E-state index contributed by atoms with van der Waals surface area (Å²) in [5, 5.41) is 8.07. The summed E-state index contributed by atoms with van der Waals surface area (Å²) < 4.78 is 9.31. The van der Waals surface area contributed by atoms with Gasteiger partial charge in [0.25, 0.3) is 5.91 Å². The lowest BCUT2D eigenvalue weighted by Gasteiger charge is -2.03. The molecule has 34 heavy (non-hydrogen) atoms. The molecule has 0 bridgehead atoms. The number of hydrogen-bond acceptors (Lipinski definition) is 8. The summed E-state index contributed by atoms with van der Waals surface area (Å²) in [5.74, 6) is -1.19. The van der Waals surface area contributed by atoms with Gasteiger partial charge in [0.1, 0.15) is 0 Å². The number of ether oxygens (including phenoxy) is 2.